The highest BCUT2D eigenvalue weighted by molar-refractivity contribution is 5.92. The van der Waals surface area contributed by atoms with Gasteiger partial charge in [0.1, 0.15) is 17.7 Å². The number of carbonyl (C=O) groups excluding carboxylic acids is 4. The van der Waals surface area contributed by atoms with E-state index in [9.17, 15) is 19.2 Å². The highest BCUT2D eigenvalue weighted by Crippen LogP contribution is 2.28. The molecule has 39 heavy (non-hydrogen) atoms. The zero-order valence-electron chi connectivity index (χ0n) is 25.2. The first kappa shape index (κ1) is 33.9. The lowest BCUT2D eigenvalue weighted by Crippen LogP contribution is -2.54. The van der Waals surface area contributed by atoms with E-state index in [0.29, 0.717) is 13.0 Å². The minimum Gasteiger partial charge on any atom is -0.444 e. The van der Waals surface area contributed by atoms with Gasteiger partial charge in [-0.1, -0.05) is 51.3 Å². The van der Waals surface area contributed by atoms with Crippen molar-refractivity contribution in [2.45, 2.75) is 124 Å². The number of aryl methyl sites for hydroxylation is 1. The van der Waals surface area contributed by atoms with E-state index in [1.165, 1.54) is 0 Å². The van der Waals surface area contributed by atoms with Crippen molar-refractivity contribution < 1.29 is 23.9 Å². The van der Waals surface area contributed by atoms with E-state index in [-0.39, 0.29) is 24.8 Å². The largest absolute Gasteiger partial charge is 0.444 e. The lowest BCUT2D eigenvalue weighted by molar-refractivity contribution is -0.143. The molecule has 1 rings (SSSR count). The maximum absolute atomic E-state index is 14.2. The Hall–Kier alpha value is -3.10. The second kappa shape index (κ2) is 16.1. The zero-order valence-corrected chi connectivity index (χ0v) is 25.2. The summed E-state index contributed by atoms with van der Waals surface area (Å²) >= 11 is 0. The molecule has 4 amide bonds. The van der Waals surface area contributed by atoms with Crippen LogP contribution in [-0.4, -0.2) is 52.9 Å². The predicted molar refractivity (Wildman–Crippen MR) is 154 cm³/mol. The van der Waals surface area contributed by atoms with Gasteiger partial charge in [-0.2, -0.15) is 0 Å². The molecule has 0 aliphatic heterocycles. The van der Waals surface area contributed by atoms with Gasteiger partial charge in [-0.3, -0.25) is 14.4 Å². The van der Waals surface area contributed by atoms with Crippen LogP contribution in [0, 0.1) is 13.8 Å². The fourth-order valence-corrected chi connectivity index (χ4v) is 4.44. The number of nitrogens with zero attached hydrogens (tertiary/aromatic N) is 1. The molecule has 0 bridgehead atoms. The predicted octanol–water partition coefficient (Wildman–Crippen LogP) is 4.83. The average Bonchev–Trinajstić information content (AvgIpc) is 2.82. The standard InChI is InChI=1S/C30H50N4O5/c1-9-11-12-19-34(28(37)24(17-18-25(31)35)33-29(38)39-30(6,7)8)26(27(36)32-21(4)14-10-2)23-16-13-15-20(3)22(23)5/h13,15-16,21,24,26H,9-12,14,17-19H2,1-8H3,(H2,31,35)(H,32,36)(H,33,38). The SMILES string of the molecule is CCCCCN(C(=O)C(CCC(N)=O)NC(=O)OC(C)(C)C)C(C(=O)NC(C)CCC)c1cccc(C)c1C. The van der Waals surface area contributed by atoms with Crippen LogP contribution in [0.5, 0.6) is 0 Å². The van der Waals surface area contributed by atoms with Crippen LogP contribution >= 0.6 is 0 Å². The molecule has 0 fully saturated rings. The Balaban J connectivity index is 3.60. The van der Waals surface area contributed by atoms with Crippen molar-refractivity contribution in [2.24, 2.45) is 5.73 Å². The molecule has 0 heterocycles. The van der Waals surface area contributed by atoms with Crippen molar-refractivity contribution in [1.29, 1.82) is 0 Å². The number of rotatable bonds is 15. The summed E-state index contributed by atoms with van der Waals surface area (Å²) in [5.74, 6) is -1.32. The molecular formula is C30H50N4O5. The van der Waals surface area contributed by atoms with E-state index in [4.69, 9.17) is 10.5 Å². The molecule has 4 N–H and O–H groups in total. The second-order valence-corrected chi connectivity index (χ2v) is 11.3. The van der Waals surface area contributed by atoms with Gasteiger partial charge in [0.25, 0.3) is 0 Å². The van der Waals surface area contributed by atoms with Crippen molar-refractivity contribution in [1.82, 2.24) is 15.5 Å². The number of primary amides is 1. The van der Waals surface area contributed by atoms with Crippen LogP contribution in [0.3, 0.4) is 0 Å². The number of amides is 4. The third-order valence-electron chi connectivity index (χ3n) is 6.57. The number of unbranched alkanes of at least 4 members (excludes halogenated alkanes) is 2. The van der Waals surface area contributed by atoms with Gasteiger partial charge >= 0.3 is 6.09 Å². The van der Waals surface area contributed by atoms with E-state index >= 15 is 0 Å². The van der Waals surface area contributed by atoms with Crippen LogP contribution < -0.4 is 16.4 Å². The number of hydrogen-bond acceptors (Lipinski definition) is 5. The molecule has 0 spiro atoms. The van der Waals surface area contributed by atoms with Gasteiger partial charge in [0, 0.05) is 19.0 Å². The minimum absolute atomic E-state index is 0.00887. The normalized spacial score (nSPS) is 13.6. The van der Waals surface area contributed by atoms with Crippen molar-refractivity contribution in [3.8, 4) is 0 Å². The Bertz CT molecular complexity index is 973. The summed E-state index contributed by atoms with van der Waals surface area (Å²) in [4.78, 5) is 54.0. The molecule has 0 saturated heterocycles. The topological polar surface area (TPSA) is 131 Å². The van der Waals surface area contributed by atoms with E-state index in [1.54, 1.807) is 25.7 Å². The van der Waals surface area contributed by atoms with Crippen molar-refractivity contribution in [3.05, 3.63) is 34.9 Å². The Morgan fingerprint density at radius 2 is 1.67 bits per heavy atom. The van der Waals surface area contributed by atoms with Crippen LogP contribution in [0.15, 0.2) is 18.2 Å². The Labute approximate surface area is 234 Å². The van der Waals surface area contributed by atoms with E-state index < -0.39 is 35.6 Å². The molecule has 1 aromatic carbocycles. The van der Waals surface area contributed by atoms with E-state index in [2.05, 4.69) is 24.5 Å². The summed E-state index contributed by atoms with van der Waals surface area (Å²) in [5, 5.41) is 5.73. The average molecular weight is 547 g/mol. The number of carbonyl (C=O) groups is 4. The summed E-state index contributed by atoms with van der Waals surface area (Å²) in [6.07, 6.45) is 3.28. The highest BCUT2D eigenvalue weighted by atomic mass is 16.6. The smallest absolute Gasteiger partial charge is 0.408 e. The summed E-state index contributed by atoms with van der Waals surface area (Å²) in [5.41, 5.74) is 7.27. The third-order valence-corrected chi connectivity index (χ3v) is 6.57. The van der Waals surface area contributed by atoms with Gasteiger partial charge in [-0.15, -0.1) is 0 Å². The molecule has 0 aromatic heterocycles. The molecule has 0 radical (unpaired) electrons. The zero-order chi connectivity index (χ0) is 29.8. The molecular weight excluding hydrogens is 496 g/mol. The molecule has 9 heteroatoms. The molecule has 1 aromatic rings. The lowest BCUT2D eigenvalue weighted by atomic mass is 9.94. The second-order valence-electron chi connectivity index (χ2n) is 11.3. The van der Waals surface area contributed by atoms with E-state index in [1.807, 2.05) is 39.0 Å². The van der Waals surface area contributed by atoms with Gasteiger partial charge in [0.2, 0.25) is 17.7 Å². The number of hydrogen-bond donors (Lipinski definition) is 3. The first-order valence-corrected chi connectivity index (χ1v) is 14.2. The van der Waals surface area contributed by atoms with Gasteiger partial charge in [0.05, 0.1) is 0 Å². The number of benzene rings is 1. The van der Waals surface area contributed by atoms with Crippen LogP contribution in [0.25, 0.3) is 0 Å². The van der Waals surface area contributed by atoms with Gasteiger partial charge in [0.15, 0.2) is 0 Å². The number of ether oxygens (including phenoxy) is 1. The van der Waals surface area contributed by atoms with Crippen molar-refractivity contribution in [3.63, 3.8) is 0 Å². The van der Waals surface area contributed by atoms with E-state index in [0.717, 1.165) is 42.4 Å². The Morgan fingerprint density at radius 1 is 1.00 bits per heavy atom. The highest BCUT2D eigenvalue weighted by Gasteiger charge is 2.37. The monoisotopic (exact) mass is 546 g/mol. The number of alkyl carbamates (subject to hydrolysis) is 1. The molecule has 220 valence electrons. The fourth-order valence-electron chi connectivity index (χ4n) is 4.44. The molecule has 0 aliphatic carbocycles. The van der Waals surface area contributed by atoms with Crippen LogP contribution in [0.2, 0.25) is 0 Å². The van der Waals surface area contributed by atoms with Crippen molar-refractivity contribution in [2.75, 3.05) is 6.54 Å². The quantitative estimate of drug-likeness (QED) is 0.271. The molecule has 0 saturated carbocycles. The summed E-state index contributed by atoms with van der Waals surface area (Å²) in [7, 11) is 0. The summed E-state index contributed by atoms with van der Waals surface area (Å²) in [6, 6.07) is 3.64. The van der Waals surface area contributed by atoms with Crippen molar-refractivity contribution >= 4 is 23.8 Å². The molecule has 3 atom stereocenters. The van der Waals surface area contributed by atoms with Crippen LogP contribution in [-0.2, 0) is 19.1 Å². The number of nitrogens with one attached hydrogen (secondary N) is 2. The summed E-state index contributed by atoms with van der Waals surface area (Å²) in [6.45, 7) is 15.5. The Morgan fingerprint density at radius 3 is 2.23 bits per heavy atom. The molecule has 3 unspecified atom stereocenters. The fraction of sp³-hybridized carbons (Fsp3) is 0.667. The van der Waals surface area contributed by atoms with Crippen LogP contribution in [0.4, 0.5) is 4.79 Å². The minimum atomic E-state index is -1.09. The van der Waals surface area contributed by atoms with Gasteiger partial charge < -0.3 is 26.0 Å². The maximum Gasteiger partial charge on any atom is 0.408 e. The first-order chi connectivity index (χ1) is 18.2. The van der Waals surface area contributed by atoms with Crippen LogP contribution in [0.1, 0.15) is 109 Å². The summed E-state index contributed by atoms with van der Waals surface area (Å²) < 4.78 is 5.39. The third kappa shape index (κ3) is 11.7. The molecule has 0 aliphatic rings. The molecule has 9 nitrogen and oxygen atoms in total. The lowest BCUT2D eigenvalue weighted by Gasteiger charge is -2.36. The first-order valence-electron chi connectivity index (χ1n) is 14.2. The maximum atomic E-state index is 14.2. The van der Waals surface area contributed by atoms with Gasteiger partial charge in [-0.05, 0) is 77.5 Å². The Kier molecular flexibility index (Phi) is 14.0. The van der Waals surface area contributed by atoms with Gasteiger partial charge in [-0.25, -0.2) is 4.79 Å². The number of nitrogens with two attached hydrogens (primary N) is 1.